The van der Waals surface area contributed by atoms with Gasteiger partial charge in [-0.15, -0.1) is 0 Å². The quantitative estimate of drug-likeness (QED) is 0.0672. The molecule has 0 radical (unpaired) electrons. The van der Waals surface area contributed by atoms with Crippen molar-refractivity contribution in [3.63, 3.8) is 0 Å². The third kappa shape index (κ3) is 6.59. The lowest BCUT2D eigenvalue weighted by Gasteiger charge is -2.15. The van der Waals surface area contributed by atoms with Crippen molar-refractivity contribution in [1.82, 2.24) is 4.98 Å². The summed E-state index contributed by atoms with van der Waals surface area (Å²) in [5.41, 5.74) is -0.741. The summed E-state index contributed by atoms with van der Waals surface area (Å²) in [5.74, 6) is -4.61. The minimum Gasteiger partial charge on any atom is -0.479 e. The van der Waals surface area contributed by atoms with Gasteiger partial charge in [0.1, 0.15) is 28.7 Å². The van der Waals surface area contributed by atoms with Crippen molar-refractivity contribution in [3.8, 4) is 34.6 Å². The molecule has 1 atom stereocenters. The number of carbonyl (C=O) groups excluding carboxylic acids is 1. The van der Waals surface area contributed by atoms with Crippen LogP contribution in [0.5, 0.6) is 34.6 Å². The third-order valence-electron chi connectivity index (χ3n) is 5.30. The number of nitro groups is 1. The molecule has 3 aromatic carbocycles. The van der Waals surface area contributed by atoms with Crippen LogP contribution < -0.4 is 18.9 Å². The Balaban J connectivity index is 1.32. The third-order valence-corrected chi connectivity index (χ3v) is 5.59. The standard InChI is InChI=1S/C27H18ClF3N2O7/c1-14-23(29)24(30)26(32-25(14)31)39-19-8-4-17(5-9-19)37-15(2)27(34)40-20-10-6-18(7-11-20)38-22-12-3-16(33(35)36)13-21(22)28/h3-13,15H,1-2H3. The Hall–Kier alpha value is -4.84. The fourth-order valence-corrected chi connectivity index (χ4v) is 3.39. The minimum atomic E-state index is -1.43. The van der Waals surface area contributed by atoms with Gasteiger partial charge in [-0.05, 0) is 68.4 Å². The van der Waals surface area contributed by atoms with Gasteiger partial charge in [-0.1, -0.05) is 11.6 Å². The number of hydrogen-bond donors (Lipinski definition) is 0. The molecule has 0 amide bonds. The second-order valence-corrected chi connectivity index (χ2v) is 8.57. The maximum atomic E-state index is 14.0. The summed E-state index contributed by atoms with van der Waals surface area (Å²) >= 11 is 6.03. The van der Waals surface area contributed by atoms with E-state index in [4.69, 9.17) is 30.5 Å². The van der Waals surface area contributed by atoms with Gasteiger partial charge in [0, 0.05) is 17.7 Å². The summed E-state index contributed by atoms with van der Waals surface area (Å²) < 4.78 is 62.9. The van der Waals surface area contributed by atoms with E-state index in [1.54, 1.807) is 0 Å². The zero-order valence-electron chi connectivity index (χ0n) is 20.7. The summed E-state index contributed by atoms with van der Waals surface area (Å²) in [6, 6.07) is 15.2. The zero-order chi connectivity index (χ0) is 29.0. The molecule has 40 heavy (non-hydrogen) atoms. The highest BCUT2D eigenvalue weighted by molar-refractivity contribution is 6.32. The lowest BCUT2D eigenvalue weighted by molar-refractivity contribution is -0.384. The molecule has 1 heterocycles. The van der Waals surface area contributed by atoms with Gasteiger partial charge in [0.25, 0.3) is 11.6 Å². The van der Waals surface area contributed by atoms with Crippen molar-refractivity contribution in [3.05, 3.63) is 105 Å². The van der Waals surface area contributed by atoms with E-state index in [0.29, 0.717) is 5.75 Å². The summed E-state index contributed by atoms with van der Waals surface area (Å²) in [4.78, 5) is 26.0. The largest absolute Gasteiger partial charge is 0.479 e. The Morgan fingerprint density at radius 3 is 2.08 bits per heavy atom. The predicted octanol–water partition coefficient (Wildman–Crippen LogP) is 7.33. The lowest BCUT2D eigenvalue weighted by atomic mass is 10.3. The molecule has 13 heteroatoms. The Morgan fingerprint density at radius 1 is 0.900 bits per heavy atom. The van der Waals surface area contributed by atoms with Crippen molar-refractivity contribution in [1.29, 1.82) is 0 Å². The van der Waals surface area contributed by atoms with E-state index in [9.17, 15) is 28.1 Å². The van der Waals surface area contributed by atoms with E-state index in [1.807, 2.05) is 0 Å². The molecule has 0 aliphatic rings. The van der Waals surface area contributed by atoms with E-state index in [-0.39, 0.29) is 33.7 Å². The van der Waals surface area contributed by atoms with Crippen LogP contribution in [0.1, 0.15) is 12.5 Å². The Bertz CT molecular complexity index is 1570. The minimum absolute atomic E-state index is 0.0222. The number of rotatable bonds is 9. The number of ether oxygens (including phenoxy) is 4. The van der Waals surface area contributed by atoms with Crippen LogP contribution in [0.2, 0.25) is 5.02 Å². The van der Waals surface area contributed by atoms with E-state index in [0.717, 1.165) is 13.0 Å². The van der Waals surface area contributed by atoms with Crippen molar-refractivity contribution in [2.45, 2.75) is 20.0 Å². The molecular formula is C27H18ClF3N2O7. The number of aromatic nitrogens is 1. The number of nitro benzene ring substituents is 1. The molecular weight excluding hydrogens is 557 g/mol. The van der Waals surface area contributed by atoms with Crippen LogP contribution >= 0.6 is 11.6 Å². The smallest absolute Gasteiger partial charge is 0.352 e. The van der Waals surface area contributed by atoms with E-state index < -0.39 is 46.0 Å². The predicted molar refractivity (Wildman–Crippen MR) is 136 cm³/mol. The zero-order valence-corrected chi connectivity index (χ0v) is 21.4. The maximum absolute atomic E-state index is 14.0. The monoisotopic (exact) mass is 574 g/mol. The normalized spacial score (nSPS) is 11.4. The Kier molecular flexibility index (Phi) is 8.39. The lowest BCUT2D eigenvalue weighted by Crippen LogP contribution is -2.28. The number of benzene rings is 3. The highest BCUT2D eigenvalue weighted by Crippen LogP contribution is 2.33. The van der Waals surface area contributed by atoms with Crippen LogP contribution in [0.3, 0.4) is 0 Å². The van der Waals surface area contributed by atoms with Crippen molar-refractivity contribution in [2.24, 2.45) is 0 Å². The molecule has 0 saturated heterocycles. The van der Waals surface area contributed by atoms with Crippen molar-refractivity contribution in [2.75, 3.05) is 0 Å². The molecule has 1 unspecified atom stereocenters. The van der Waals surface area contributed by atoms with Crippen LogP contribution in [0.25, 0.3) is 0 Å². The molecule has 0 fully saturated rings. The van der Waals surface area contributed by atoms with E-state index in [2.05, 4.69) is 4.98 Å². The average Bonchev–Trinajstić information content (AvgIpc) is 2.93. The van der Waals surface area contributed by atoms with E-state index in [1.165, 1.54) is 67.6 Å². The van der Waals surface area contributed by atoms with Crippen LogP contribution in [-0.2, 0) is 4.79 Å². The van der Waals surface area contributed by atoms with Gasteiger partial charge in [0.15, 0.2) is 11.9 Å². The number of esters is 1. The number of nitrogens with zero attached hydrogens (tertiary/aromatic N) is 2. The highest BCUT2D eigenvalue weighted by atomic mass is 35.5. The highest BCUT2D eigenvalue weighted by Gasteiger charge is 2.20. The van der Waals surface area contributed by atoms with Gasteiger partial charge in [-0.2, -0.15) is 13.8 Å². The number of non-ortho nitro benzene ring substituents is 1. The molecule has 9 nitrogen and oxygen atoms in total. The second-order valence-electron chi connectivity index (χ2n) is 8.16. The first-order chi connectivity index (χ1) is 19.0. The van der Waals surface area contributed by atoms with Gasteiger partial charge < -0.3 is 18.9 Å². The summed E-state index contributed by atoms with van der Waals surface area (Å²) in [6.45, 7) is 2.51. The SMILES string of the molecule is Cc1c(F)nc(Oc2ccc(OC(C)C(=O)Oc3ccc(Oc4ccc([N+](=O)[O-])cc4Cl)cc3)cc2)c(F)c1F. The van der Waals surface area contributed by atoms with Crippen molar-refractivity contribution < 1.29 is 41.8 Å². The molecule has 0 bridgehead atoms. The summed E-state index contributed by atoms with van der Waals surface area (Å²) in [6.07, 6.45) is -1.04. The Labute approximate surface area is 229 Å². The number of pyridine rings is 1. The fourth-order valence-electron chi connectivity index (χ4n) is 3.18. The molecule has 0 saturated carbocycles. The Morgan fingerprint density at radius 2 is 1.48 bits per heavy atom. The molecule has 0 N–H and O–H groups in total. The molecule has 1 aromatic heterocycles. The fraction of sp³-hybridized carbons (Fsp3) is 0.111. The maximum Gasteiger partial charge on any atom is 0.352 e. The summed E-state index contributed by atoms with van der Waals surface area (Å²) in [5, 5.41) is 10.9. The number of hydrogen-bond acceptors (Lipinski definition) is 8. The first-order valence-corrected chi connectivity index (χ1v) is 11.8. The van der Waals surface area contributed by atoms with Gasteiger partial charge in [0.2, 0.25) is 11.8 Å². The van der Waals surface area contributed by atoms with Crippen LogP contribution in [0.4, 0.5) is 18.9 Å². The molecule has 4 aromatic rings. The average molecular weight is 575 g/mol. The van der Waals surface area contributed by atoms with E-state index >= 15 is 0 Å². The molecule has 0 spiro atoms. The molecule has 206 valence electrons. The van der Waals surface area contributed by atoms with Crippen LogP contribution in [-0.4, -0.2) is 22.0 Å². The van der Waals surface area contributed by atoms with Gasteiger partial charge >= 0.3 is 5.97 Å². The first kappa shape index (κ1) is 28.2. The summed E-state index contributed by atoms with van der Waals surface area (Å²) in [7, 11) is 0. The second kappa shape index (κ2) is 11.9. The van der Waals surface area contributed by atoms with Crippen LogP contribution in [0, 0.1) is 34.6 Å². The van der Waals surface area contributed by atoms with Crippen molar-refractivity contribution >= 4 is 23.3 Å². The molecule has 0 aliphatic heterocycles. The topological polar surface area (TPSA) is 110 Å². The molecule has 4 rings (SSSR count). The first-order valence-electron chi connectivity index (χ1n) is 11.4. The van der Waals surface area contributed by atoms with Gasteiger partial charge in [0.05, 0.1) is 9.95 Å². The number of carbonyl (C=O) groups is 1. The number of halogens is 4. The molecule has 0 aliphatic carbocycles. The van der Waals surface area contributed by atoms with Crippen LogP contribution in [0.15, 0.2) is 66.7 Å². The van der Waals surface area contributed by atoms with Gasteiger partial charge in [-0.25, -0.2) is 9.18 Å². The van der Waals surface area contributed by atoms with Gasteiger partial charge in [-0.3, -0.25) is 10.1 Å².